The second kappa shape index (κ2) is 8.12. The predicted octanol–water partition coefficient (Wildman–Crippen LogP) is 6.06. The molecule has 2 heterocycles. The molecule has 130 valence electrons. The van der Waals surface area contributed by atoms with Crippen molar-refractivity contribution in [2.45, 2.75) is 13.0 Å². The monoisotopic (exact) mass is 422 g/mol. The molecule has 0 spiro atoms. The van der Waals surface area contributed by atoms with E-state index >= 15 is 0 Å². The summed E-state index contributed by atoms with van der Waals surface area (Å²) in [7, 11) is 0. The first-order valence-corrected chi connectivity index (χ1v) is 10.4. The molecule has 0 atom stereocenters. The molecule has 4 heteroatoms. The van der Waals surface area contributed by atoms with Crippen molar-refractivity contribution in [2.75, 3.05) is 6.54 Å². The number of rotatable bonds is 6. The summed E-state index contributed by atoms with van der Waals surface area (Å²) in [6.07, 6.45) is 1.02. The number of thiophene rings is 1. The minimum atomic E-state index is 0.819. The summed E-state index contributed by atoms with van der Waals surface area (Å²) in [6, 6.07) is 21.3. The van der Waals surface area contributed by atoms with Crippen LogP contribution >= 0.6 is 27.3 Å². The Bertz CT molecular complexity index is 995. The highest BCUT2D eigenvalue weighted by atomic mass is 79.9. The van der Waals surface area contributed by atoms with Gasteiger partial charge in [-0.05, 0) is 59.8 Å². The third kappa shape index (κ3) is 4.04. The second-order valence-corrected chi connectivity index (χ2v) is 7.95. The van der Waals surface area contributed by atoms with E-state index in [1.54, 1.807) is 11.3 Å². The SMILES string of the molecule is Brc1ccc(CCNCc2cc3ccccc3nc2-c2ccsc2)cc1. The van der Waals surface area contributed by atoms with Crippen LogP contribution in [-0.4, -0.2) is 11.5 Å². The molecule has 2 aromatic carbocycles. The van der Waals surface area contributed by atoms with E-state index in [0.717, 1.165) is 35.2 Å². The van der Waals surface area contributed by atoms with Gasteiger partial charge < -0.3 is 5.32 Å². The molecule has 0 aliphatic rings. The topological polar surface area (TPSA) is 24.9 Å². The zero-order valence-electron chi connectivity index (χ0n) is 14.3. The summed E-state index contributed by atoms with van der Waals surface area (Å²) in [5.41, 5.74) is 5.92. The first-order valence-electron chi connectivity index (χ1n) is 8.66. The van der Waals surface area contributed by atoms with Crippen molar-refractivity contribution in [2.24, 2.45) is 0 Å². The maximum Gasteiger partial charge on any atom is 0.0763 e. The summed E-state index contributed by atoms with van der Waals surface area (Å²) >= 11 is 5.19. The van der Waals surface area contributed by atoms with Crippen molar-refractivity contribution in [1.82, 2.24) is 10.3 Å². The van der Waals surface area contributed by atoms with Crippen molar-refractivity contribution < 1.29 is 0 Å². The van der Waals surface area contributed by atoms with Crippen LogP contribution in [0, 0.1) is 0 Å². The van der Waals surface area contributed by atoms with Crippen LogP contribution in [0.15, 0.2) is 75.9 Å². The summed E-state index contributed by atoms with van der Waals surface area (Å²) in [6.45, 7) is 1.76. The number of para-hydroxylation sites is 1. The minimum Gasteiger partial charge on any atom is -0.312 e. The maximum absolute atomic E-state index is 4.93. The molecular weight excluding hydrogens is 404 g/mol. The first kappa shape index (κ1) is 17.4. The van der Waals surface area contributed by atoms with Crippen LogP contribution in [0.1, 0.15) is 11.1 Å². The molecule has 26 heavy (non-hydrogen) atoms. The number of aromatic nitrogens is 1. The largest absolute Gasteiger partial charge is 0.312 e. The van der Waals surface area contributed by atoms with Gasteiger partial charge in [0.05, 0.1) is 11.2 Å². The average Bonchev–Trinajstić information content (AvgIpc) is 3.20. The normalized spacial score (nSPS) is 11.1. The molecule has 1 N–H and O–H groups in total. The highest BCUT2D eigenvalue weighted by Gasteiger charge is 2.09. The summed E-state index contributed by atoms with van der Waals surface area (Å²) in [4.78, 5) is 4.93. The van der Waals surface area contributed by atoms with Gasteiger partial charge >= 0.3 is 0 Å². The first-order chi connectivity index (χ1) is 12.8. The van der Waals surface area contributed by atoms with Crippen molar-refractivity contribution in [3.8, 4) is 11.3 Å². The fourth-order valence-corrected chi connectivity index (χ4v) is 3.96. The van der Waals surface area contributed by atoms with E-state index in [4.69, 9.17) is 4.98 Å². The van der Waals surface area contributed by atoms with E-state index in [0.29, 0.717) is 0 Å². The Morgan fingerprint density at radius 1 is 1.00 bits per heavy atom. The molecule has 2 aromatic heterocycles. The fourth-order valence-electron chi connectivity index (χ4n) is 3.05. The molecule has 0 saturated heterocycles. The Kier molecular flexibility index (Phi) is 5.44. The lowest BCUT2D eigenvalue weighted by Crippen LogP contribution is -2.17. The average molecular weight is 423 g/mol. The van der Waals surface area contributed by atoms with E-state index in [9.17, 15) is 0 Å². The van der Waals surface area contributed by atoms with Gasteiger partial charge in [0, 0.05) is 27.3 Å². The molecule has 0 unspecified atom stereocenters. The number of hydrogen-bond donors (Lipinski definition) is 1. The number of halogens is 1. The van der Waals surface area contributed by atoms with E-state index < -0.39 is 0 Å². The zero-order chi connectivity index (χ0) is 17.8. The van der Waals surface area contributed by atoms with Gasteiger partial charge in [0.15, 0.2) is 0 Å². The van der Waals surface area contributed by atoms with Crippen LogP contribution in [0.3, 0.4) is 0 Å². The molecule has 0 aliphatic carbocycles. The van der Waals surface area contributed by atoms with Gasteiger partial charge in [0.2, 0.25) is 0 Å². The van der Waals surface area contributed by atoms with Crippen molar-refractivity contribution in [3.05, 3.63) is 87.0 Å². The molecule has 2 nitrogen and oxygen atoms in total. The highest BCUT2D eigenvalue weighted by Crippen LogP contribution is 2.27. The molecule has 0 bridgehead atoms. The minimum absolute atomic E-state index is 0.819. The van der Waals surface area contributed by atoms with Crippen LogP contribution in [0.5, 0.6) is 0 Å². The van der Waals surface area contributed by atoms with Gasteiger partial charge in [-0.15, -0.1) is 0 Å². The molecule has 0 fully saturated rings. The number of hydrogen-bond acceptors (Lipinski definition) is 3. The van der Waals surface area contributed by atoms with E-state index in [1.165, 1.54) is 22.1 Å². The quantitative estimate of drug-likeness (QED) is 0.382. The van der Waals surface area contributed by atoms with Gasteiger partial charge in [0.1, 0.15) is 0 Å². The van der Waals surface area contributed by atoms with E-state index in [-0.39, 0.29) is 0 Å². The van der Waals surface area contributed by atoms with Crippen LogP contribution in [-0.2, 0) is 13.0 Å². The summed E-state index contributed by atoms with van der Waals surface area (Å²) in [5, 5.41) is 9.05. The Morgan fingerprint density at radius 3 is 2.65 bits per heavy atom. The molecular formula is C22H19BrN2S. The Hall–Kier alpha value is -2.01. The number of benzene rings is 2. The Morgan fingerprint density at radius 2 is 1.85 bits per heavy atom. The van der Waals surface area contributed by atoms with Crippen LogP contribution in [0.4, 0.5) is 0 Å². The number of nitrogens with one attached hydrogen (secondary N) is 1. The van der Waals surface area contributed by atoms with E-state index in [2.05, 4.69) is 86.6 Å². The molecule has 0 radical (unpaired) electrons. The third-order valence-corrected chi connectivity index (χ3v) is 5.63. The van der Waals surface area contributed by atoms with Crippen molar-refractivity contribution in [1.29, 1.82) is 0 Å². The van der Waals surface area contributed by atoms with Crippen LogP contribution in [0.25, 0.3) is 22.2 Å². The van der Waals surface area contributed by atoms with Crippen molar-refractivity contribution >= 4 is 38.2 Å². The second-order valence-electron chi connectivity index (χ2n) is 6.25. The smallest absolute Gasteiger partial charge is 0.0763 e. The van der Waals surface area contributed by atoms with E-state index in [1.807, 2.05) is 6.07 Å². The molecule has 0 saturated carbocycles. The zero-order valence-corrected chi connectivity index (χ0v) is 16.7. The maximum atomic E-state index is 4.93. The lowest BCUT2D eigenvalue weighted by molar-refractivity contribution is 0.687. The number of pyridine rings is 1. The number of nitrogens with zero attached hydrogens (tertiary/aromatic N) is 1. The predicted molar refractivity (Wildman–Crippen MR) is 115 cm³/mol. The molecule has 4 rings (SSSR count). The molecule has 4 aromatic rings. The standard InChI is InChI=1S/C22H19BrN2S/c23-20-7-5-16(6-8-20)9-11-24-14-19-13-17-3-1-2-4-21(17)25-22(19)18-10-12-26-15-18/h1-8,10,12-13,15,24H,9,11,14H2. The van der Waals surface area contributed by atoms with Crippen LogP contribution in [0.2, 0.25) is 0 Å². The van der Waals surface area contributed by atoms with Crippen LogP contribution < -0.4 is 5.32 Å². The molecule has 0 aliphatic heterocycles. The van der Waals surface area contributed by atoms with Gasteiger partial charge in [-0.2, -0.15) is 11.3 Å². The Balaban J connectivity index is 1.51. The highest BCUT2D eigenvalue weighted by molar-refractivity contribution is 9.10. The van der Waals surface area contributed by atoms with Gasteiger partial charge in [0.25, 0.3) is 0 Å². The summed E-state index contributed by atoms with van der Waals surface area (Å²) in [5.74, 6) is 0. The van der Waals surface area contributed by atoms with Gasteiger partial charge in [-0.3, -0.25) is 0 Å². The summed E-state index contributed by atoms with van der Waals surface area (Å²) < 4.78 is 1.12. The van der Waals surface area contributed by atoms with Gasteiger partial charge in [-0.25, -0.2) is 4.98 Å². The van der Waals surface area contributed by atoms with Gasteiger partial charge in [-0.1, -0.05) is 46.3 Å². The lowest BCUT2D eigenvalue weighted by Gasteiger charge is -2.11. The lowest BCUT2D eigenvalue weighted by atomic mass is 10.1. The Labute approximate surface area is 166 Å². The number of fused-ring (bicyclic) bond motifs is 1. The molecule has 0 amide bonds. The van der Waals surface area contributed by atoms with Crippen molar-refractivity contribution in [3.63, 3.8) is 0 Å². The third-order valence-electron chi connectivity index (χ3n) is 4.42. The fraction of sp³-hybridized carbons (Fsp3) is 0.136.